The van der Waals surface area contributed by atoms with E-state index in [0.29, 0.717) is 6.07 Å². The van der Waals surface area contributed by atoms with Crippen molar-refractivity contribution in [3.8, 4) is 0 Å². The lowest BCUT2D eigenvalue weighted by Crippen LogP contribution is -2.08. The number of halogens is 3. The first-order chi connectivity index (χ1) is 5.52. The normalized spacial score (nSPS) is 13.1. The molecule has 2 N–H and O–H groups in total. The van der Waals surface area contributed by atoms with Gasteiger partial charge in [0.25, 0.3) is 0 Å². The van der Waals surface area contributed by atoms with Crippen LogP contribution in [0.25, 0.3) is 0 Å². The molecule has 0 saturated carbocycles. The second-order valence-electron chi connectivity index (χ2n) is 2.58. The van der Waals surface area contributed by atoms with Crippen LogP contribution in [0.5, 0.6) is 0 Å². The van der Waals surface area contributed by atoms with Crippen molar-refractivity contribution in [3.05, 3.63) is 35.1 Å². The molecule has 4 heteroatoms. The Morgan fingerprint density at radius 2 is 1.58 bits per heavy atom. The van der Waals surface area contributed by atoms with Crippen LogP contribution in [0.3, 0.4) is 0 Å². The molecule has 0 radical (unpaired) electrons. The average Bonchev–Trinajstić information content (AvgIpc) is 1.96. The summed E-state index contributed by atoms with van der Waals surface area (Å²) >= 11 is 0. The fourth-order valence-corrected chi connectivity index (χ4v) is 0.887. The SMILES string of the molecule is C[C@H](N)c1cc(F)c(F)cc1F. The van der Waals surface area contributed by atoms with Crippen LogP contribution in [0.15, 0.2) is 12.1 Å². The number of benzene rings is 1. The zero-order chi connectivity index (χ0) is 9.30. The molecule has 0 unspecified atom stereocenters. The molecule has 1 atom stereocenters. The minimum atomic E-state index is -1.20. The minimum absolute atomic E-state index is 0.0195. The fourth-order valence-electron chi connectivity index (χ4n) is 0.887. The summed E-state index contributed by atoms with van der Waals surface area (Å²) in [6.45, 7) is 1.50. The largest absolute Gasteiger partial charge is 0.324 e. The zero-order valence-corrected chi connectivity index (χ0v) is 6.44. The monoisotopic (exact) mass is 175 g/mol. The average molecular weight is 175 g/mol. The van der Waals surface area contributed by atoms with Crippen LogP contribution in [0.2, 0.25) is 0 Å². The van der Waals surface area contributed by atoms with E-state index >= 15 is 0 Å². The Hall–Kier alpha value is -1.03. The third-order valence-corrected chi connectivity index (χ3v) is 1.53. The maximum Gasteiger partial charge on any atom is 0.161 e. The van der Waals surface area contributed by atoms with Gasteiger partial charge in [-0.2, -0.15) is 0 Å². The summed E-state index contributed by atoms with van der Waals surface area (Å²) in [5, 5.41) is 0. The molecule has 1 aromatic rings. The molecular formula is C8H8F3N. The Balaban J connectivity index is 3.23. The van der Waals surface area contributed by atoms with Crippen molar-refractivity contribution in [3.63, 3.8) is 0 Å². The fraction of sp³-hybridized carbons (Fsp3) is 0.250. The van der Waals surface area contributed by atoms with Crippen molar-refractivity contribution in [2.75, 3.05) is 0 Å². The van der Waals surface area contributed by atoms with Gasteiger partial charge in [0.05, 0.1) is 0 Å². The molecule has 1 aromatic carbocycles. The van der Waals surface area contributed by atoms with Crippen LogP contribution in [-0.4, -0.2) is 0 Å². The summed E-state index contributed by atoms with van der Waals surface area (Å²) in [4.78, 5) is 0. The molecule has 66 valence electrons. The Morgan fingerprint density at radius 1 is 1.08 bits per heavy atom. The van der Waals surface area contributed by atoms with E-state index in [4.69, 9.17) is 5.73 Å². The van der Waals surface area contributed by atoms with Gasteiger partial charge in [0, 0.05) is 17.7 Å². The van der Waals surface area contributed by atoms with Crippen LogP contribution in [0, 0.1) is 17.5 Å². The highest BCUT2D eigenvalue weighted by Gasteiger charge is 2.11. The third-order valence-electron chi connectivity index (χ3n) is 1.53. The predicted molar refractivity (Wildman–Crippen MR) is 38.9 cm³/mol. The molecule has 0 aromatic heterocycles. The van der Waals surface area contributed by atoms with Crippen molar-refractivity contribution < 1.29 is 13.2 Å². The van der Waals surface area contributed by atoms with E-state index in [0.717, 1.165) is 6.07 Å². The van der Waals surface area contributed by atoms with Gasteiger partial charge in [0.1, 0.15) is 5.82 Å². The van der Waals surface area contributed by atoms with E-state index in [1.54, 1.807) is 0 Å². The van der Waals surface area contributed by atoms with E-state index < -0.39 is 23.5 Å². The quantitative estimate of drug-likeness (QED) is 0.650. The molecule has 0 amide bonds. The van der Waals surface area contributed by atoms with Gasteiger partial charge in [-0.25, -0.2) is 13.2 Å². The van der Waals surface area contributed by atoms with Gasteiger partial charge >= 0.3 is 0 Å². The second kappa shape index (κ2) is 3.15. The van der Waals surface area contributed by atoms with E-state index in [2.05, 4.69) is 0 Å². The first-order valence-electron chi connectivity index (χ1n) is 3.42. The first-order valence-corrected chi connectivity index (χ1v) is 3.42. The highest BCUT2D eigenvalue weighted by atomic mass is 19.2. The van der Waals surface area contributed by atoms with Crippen LogP contribution in [-0.2, 0) is 0 Å². The van der Waals surface area contributed by atoms with Gasteiger partial charge < -0.3 is 5.73 Å². The van der Waals surface area contributed by atoms with E-state index in [9.17, 15) is 13.2 Å². The molecular weight excluding hydrogens is 167 g/mol. The highest BCUT2D eigenvalue weighted by Crippen LogP contribution is 2.18. The molecule has 0 aliphatic carbocycles. The number of hydrogen-bond acceptors (Lipinski definition) is 1. The topological polar surface area (TPSA) is 26.0 Å². The summed E-state index contributed by atoms with van der Waals surface area (Å²) in [7, 11) is 0. The van der Waals surface area contributed by atoms with Crippen molar-refractivity contribution in [1.29, 1.82) is 0 Å². The smallest absolute Gasteiger partial charge is 0.161 e. The number of hydrogen-bond donors (Lipinski definition) is 1. The zero-order valence-electron chi connectivity index (χ0n) is 6.44. The van der Waals surface area contributed by atoms with Crippen molar-refractivity contribution >= 4 is 0 Å². The molecule has 0 spiro atoms. The summed E-state index contributed by atoms with van der Waals surface area (Å²) in [5.41, 5.74) is 5.28. The van der Waals surface area contributed by atoms with Crippen LogP contribution in [0.4, 0.5) is 13.2 Å². The lowest BCUT2D eigenvalue weighted by Gasteiger charge is -2.06. The van der Waals surface area contributed by atoms with Gasteiger partial charge in [0.15, 0.2) is 11.6 Å². The Kier molecular flexibility index (Phi) is 2.38. The number of rotatable bonds is 1. The molecule has 0 bridgehead atoms. The predicted octanol–water partition coefficient (Wildman–Crippen LogP) is 2.12. The molecule has 0 saturated heterocycles. The van der Waals surface area contributed by atoms with Gasteiger partial charge in [-0.05, 0) is 13.0 Å². The van der Waals surface area contributed by atoms with Crippen molar-refractivity contribution in [2.24, 2.45) is 5.73 Å². The van der Waals surface area contributed by atoms with E-state index in [1.807, 2.05) is 0 Å². The summed E-state index contributed by atoms with van der Waals surface area (Å²) in [6, 6.07) is 0.628. The van der Waals surface area contributed by atoms with Crippen LogP contribution >= 0.6 is 0 Å². The van der Waals surface area contributed by atoms with Gasteiger partial charge in [0.2, 0.25) is 0 Å². The summed E-state index contributed by atoms with van der Waals surface area (Å²) in [5.74, 6) is -3.09. The Morgan fingerprint density at radius 3 is 2.08 bits per heavy atom. The molecule has 1 rings (SSSR count). The van der Waals surface area contributed by atoms with Crippen molar-refractivity contribution in [2.45, 2.75) is 13.0 Å². The minimum Gasteiger partial charge on any atom is -0.324 e. The first kappa shape index (κ1) is 9.06. The lowest BCUT2D eigenvalue weighted by atomic mass is 10.1. The van der Waals surface area contributed by atoms with Gasteiger partial charge in [-0.15, -0.1) is 0 Å². The van der Waals surface area contributed by atoms with Gasteiger partial charge in [-0.1, -0.05) is 0 Å². The standard InChI is InChI=1S/C8H8F3N/c1-4(12)5-2-7(10)8(11)3-6(5)9/h2-4H,12H2,1H3/t4-/m0/s1. The highest BCUT2D eigenvalue weighted by molar-refractivity contribution is 5.22. The molecule has 0 heterocycles. The van der Waals surface area contributed by atoms with E-state index in [1.165, 1.54) is 6.92 Å². The Labute approximate surface area is 68.0 Å². The maximum atomic E-state index is 12.8. The molecule has 0 aliphatic heterocycles. The lowest BCUT2D eigenvalue weighted by molar-refractivity contribution is 0.486. The number of nitrogens with two attached hydrogens (primary N) is 1. The van der Waals surface area contributed by atoms with Crippen LogP contribution in [0.1, 0.15) is 18.5 Å². The van der Waals surface area contributed by atoms with Crippen LogP contribution < -0.4 is 5.73 Å². The second-order valence-corrected chi connectivity index (χ2v) is 2.58. The molecule has 1 nitrogen and oxygen atoms in total. The summed E-state index contributed by atoms with van der Waals surface area (Å²) < 4.78 is 37.7. The van der Waals surface area contributed by atoms with Gasteiger partial charge in [-0.3, -0.25) is 0 Å². The maximum absolute atomic E-state index is 12.8. The van der Waals surface area contributed by atoms with E-state index in [-0.39, 0.29) is 5.56 Å². The third kappa shape index (κ3) is 1.58. The molecule has 0 fully saturated rings. The van der Waals surface area contributed by atoms with Crippen molar-refractivity contribution in [1.82, 2.24) is 0 Å². The Bertz CT molecular complexity index is 297. The molecule has 0 aliphatic rings. The molecule has 12 heavy (non-hydrogen) atoms. The summed E-state index contributed by atoms with van der Waals surface area (Å²) in [6.07, 6.45) is 0.